The minimum absolute atomic E-state index is 0.212. The quantitative estimate of drug-likeness (QED) is 0.697. The van der Waals surface area contributed by atoms with E-state index in [1.54, 1.807) is 25.6 Å². The molecule has 1 N–H and O–H groups in total. The minimum Gasteiger partial charge on any atom is -0.493 e. The summed E-state index contributed by atoms with van der Waals surface area (Å²) < 4.78 is 11.2. The van der Waals surface area contributed by atoms with Gasteiger partial charge in [-0.2, -0.15) is 0 Å². The number of nitrogens with zero attached hydrogens (tertiary/aromatic N) is 2. The second-order valence-electron chi connectivity index (χ2n) is 5.98. The first-order valence-corrected chi connectivity index (χ1v) is 8.56. The molecule has 6 nitrogen and oxygen atoms in total. The van der Waals surface area contributed by atoms with Crippen molar-refractivity contribution in [2.24, 2.45) is 0 Å². The van der Waals surface area contributed by atoms with Gasteiger partial charge in [0.2, 0.25) is 0 Å². The lowest BCUT2D eigenvalue weighted by Gasteiger charge is -2.13. The highest BCUT2D eigenvalue weighted by Crippen LogP contribution is 2.28. The summed E-state index contributed by atoms with van der Waals surface area (Å²) in [6.07, 6.45) is 3.45. The van der Waals surface area contributed by atoms with Crippen LogP contribution in [-0.2, 0) is 13.2 Å². The van der Waals surface area contributed by atoms with E-state index in [0.29, 0.717) is 30.3 Å². The van der Waals surface area contributed by atoms with Crippen LogP contribution in [0.2, 0.25) is 0 Å². The summed E-state index contributed by atoms with van der Waals surface area (Å²) in [5.74, 6) is 1.05. The molecular weight excluding hydrogens is 342 g/mol. The number of amides is 1. The van der Waals surface area contributed by atoms with Gasteiger partial charge in [0, 0.05) is 24.6 Å². The maximum atomic E-state index is 12.2. The lowest BCUT2D eigenvalue weighted by atomic mass is 10.2. The van der Waals surface area contributed by atoms with E-state index < -0.39 is 0 Å². The summed E-state index contributed by atoms with van der Waals surface area (Å²) in [6, 6.07) is 14.7. The Hall–Kier alpha value is -3.41. The van der Waals surface area contributed by atoms with Crippen molar-refractivity contribution >= 4 is 5.91 Å². The van der Waals surface area contributed by atoms with E-state index in [2.05, 4.69) is 15.3 Å². The number of aromatic nitrogens is 2. The van der Waals surface area contributed by atoms with Crippen LogP contribution in [0.25, 0.3) is 0 Å². The van der Waals surface area contributed by atoms with E-state index in [4.69, 9.17) is 9.47 Å². The molecule has 0 radical (unpaired) electrons. The minimum atomic E-state index is -0.212. The highest BCUT2D eigenvalue weighted by Gasteiger charge is 2.09. The first kappa shape index (κ1) is 18.4. The number of carbonyl (C=O) groups is 1. The third kappa shape index (κ3) is 5.04. The van der Waals surface area contributed by atoms with Gasteiger partial charge < -0.3 is 14.8 Å². The number of methoxy groups -OCH3 is 1. The smallest absolute Gasteiger partial charge is 0.270 e. The van der Waals surface area contributed by atoms with Gasteiger partial charge in [0.25, 0.3) is 5.91 Å². The molecule has 1 amide bonds. The highest BCUT2D eigenvalue weighted by atomic mass is 16.5. The van der Waals surface area contributed by atoms with Crippen LogP contribution in [-0.4, -0.2) is 23.0 Å². The fourth-order valence-corrected chi connectivity index (χ4v) is 2.52. The lowest BCUT2D eigenvalue weighted by molar-refractivity contribution is 0.0945. The van der Waals surface area contributed by atoms with Crippen LogP contribution in [0.3, 0.4) is 0 Å². The highest BCUT2D eigenvalue weighted by molar-refractivity contribution is 5.92. The number of nitrogens with one attached hydrogen (secondary N) is 1. The Balaban J connectivity index is 1.62. The maximum Gasteiger partial charge on any atom is 0.270 e. The summed E-state index contributed by atoms with van der Waals surface area (Å²) in [7, 11) is 1.59. The van der Waals surface area contributed by atoms with Gasteiger partial charge in [-0.3, -0.25) is 9.78 Å². The average molecular weight is 363 g/mol. The van der Waals surface area contributed by atoms with E-state index in [9.17, 15) is 4.79 Å². The second-order valence-corrected chi connectivity index (χ2v) is 5.98. The molecule has 2 heterocycles. The second kappa shape index (κ2) is 8.80. The van der Waals surface area contributed by atoms with Crippen LogP contribution in [0, 0.1) is 6.92 Å². The van der Waals surface area contributed by atoms with E-state index in [-0.39, 0.29) is 5.91 Å². The standard InChI is InChI=1S/C21H21N3O3/c1-15-4-3-5-18(24-15)21(25)23-13-17-6-7-19(20(12-17)26-2)27-14-16-8-10-22-11-9-16/h3-12H,13-14H2,1-2H3,(H,23,25). The Kier molecular flexibility index (Phi) is 5.99. The zero-order valence-corrected chi connectivity index (χ0v) is 15.3. The van der Waals surface area contributed by atoms with Crippen LogP contribution in [0.4, 0.5) is 0 Å². The Labute approximate surface area is 158 Å². The van der Waals surface area contributed by atoms with Crippen LogP contribution >= 0.6 is 0 Å². The van der Waals surface area contributed by atoms with E-state index in [0.717, 1.165) is 16.8 Å². The molecule has 0 fully saturated rings. The first-order chi connectivity index (χ1) is 13.2. The predicted molar refractivity (Wildman–Crippen MR) is 102 cm³/mol. The molecular formula is C21H21N3O3. The number of hydrogen-bond acceptors (Lipinski definition) is 5. The van der Waals surface area contributed by atoms with Crippen LogP contribution < -0.4 is 14.8 Å². The molecule has 0 aliphatic heterocycles. The monoisotopic (exact) mass is 363 g/mol. The van der Waals surface area contributed by atoms with Crippen molar-refractivity contribution in [2.45, 2.75) is 20.1 Å². The predicted octanol–water partition coefficient (Wildman–Crippen LogP) is 3.30. The first-order valence-electron chi connectivity index (χ1n) is 8.56. The van der Waals surface area contributed by atoms with Gasteiger partial charge in [-0.15, -0.1) is 0 Å². The molecule has 0 atom stereocenters. The number of hydrogen-bond donors (Lipinski definition) is 1. The van der Waals surface area contributed by atoms with Gasteiger partial charge in [-0.05, 0) is 54.4 Å². The Morgan fingerprint density at radius 1 is 1.04 bits per heavy atom. The molecule has 138 valence electrons. The molecule has 0 aliphatic rings. The maximum absolute atomic E-state index is 12.2. The molecule has 0 aliphatic carbocycles. The Bertz CT molecular complexity index is 914. The van der Waals surface area contributed by atoms with Crippen molar-refractivity contribution < 1.29 is 14.3 Å². The number of pyridine rings is 2. The zero-order valence-electron chi connectivity index (χ0n) is 15.3. The molecule has 27 heavy (non-hydrogen) atoms. The van der Waals surface area contributed by atoms with Crippen molar-refractivity contribution in [1.82, 2.24) is 15.3 Å². The third-order valence-corrected chi connectivity index (χ3v) is 3.95. The van der Waals surface area contributed by atoms with Crippen molar-refractivity contribution in [2.75, 3.05) is 7.11 Å². The fraction of sp³-hybridized carbons (Fsp3) is 0.190. The summed E-state index contributed by atoms with van der Waals surface area (Å²) >= 11 is 0. The molecule has 3 aromatic rings. The summed E-state index contributed by atoms with van der Waals surface area (Å²) in [5.41, 5.74) is 3.14. The van der Waals surface area contributed by atoms with Crippen LogP contribution in [0.15, 0.2) is 60.9 Å². The van der Waals surface area contributed by atoms with Gasteiger partial charge in [-0.1, -0.05) is 12.1 Å². The van der Waals surface area contributed by atoms with E-state index >= 15 is 0 Å². The SMILES string of the molecule is COc1cc(CNC(=O)c2cccc(C)n2)ccc1OCc1ccncc1. The zero-order chi connectivity index (χ0) is 19.1. The largest absolute Gasteiger partial charge is 0.493 e. The molecule has 3 rings (SSSR count). The normalized spacial score (nSPS) is 10.3. The summed E-state index contributed by atoms with van der Waals surface area (Å²) in [5, 5.41) is 2.87. The van der Waals surface area contributed by atoms with Gasteiger partial charge >= 0.3 is 0 Å². The number of ether oxygens (including phenoxy) is 2. The van der Waals surface area contributed by atoms with Gasteiger partial charge in [0.05, 0.1) is 7.11 Å². The number of carbonyl (C=O) groups excluding carboxylic acids is 1. The summed E-state index contributed by atoms with van der Waals surface area (Å²) in [6.45, 7) is 2.65. The number of aryl methyl sites for hydroxylation is 1. The topological polar surface area (TPSA) is 73.3 Å². The number of rotatable bonds is 7. The Morgan fingerprint density at radius 2 is 1.85 bits per heavy atom. The van der Waals surface area contributed by atoms with Crippen molar-refractivity contribution in [3.63, 3.8) is 0 Å². The fourth-order valence-electron chi connectivity index (χ4n) is 2.52. The average Bonchev–Trinajstić information content (AvgIpc) is 2.71. The molecule has 1 aromatic carbocycles. The molecule has 6 heteroatoms. The van der Waals surface area contributed by atoms with E-state index in [1.165, 1.54) is 0 Å². The molecule has 0 unspecified atom stereocenters. The van der Waals surface area contributed by atoms with Crippen LogP contribution in [0.1, 0.15) is 27.3 Å². The number of benzene rings is 1. The molecule has 0 saturated heterocycles. The van der Waals surface area contributed by atoms with Crippen molar-refractivity contribution in [1.29, 1.82) is 0 Å². The Morgan fingerprint density at radius 3 is 2.59 bits per heavy atom. The third-order valence-electron chi connectivity index (χ3n) is 3.95. The summed E-state index contributed by atoms with van der Waals surface area (Å²) in [4.78, 5) is 20.4. The lowest BCUT2D eigenvalue weighted by Crippen LogP contribution is -2.24. The van der Waals surface area contributed by atoms with Gasteiger partial charge in [-0.25, -0.2) is 4.98 Å². The van der Waals surface area contributed by atoms with Gasteiger partial charge in [0.15, 0.2) is 11.5 Å². The van der Waals surface area contributed by atoms with Crippen LogP contribution in [0.5, 0.6) is 11.5 Å². The van der Waals surface area contributed by atoms with E-state index in [1.807, 2.05) is 49.4 Å². The van der Waals surface area contributed by atoms with Gasteiger partial charge in [0.1, 0.15) is 12.3 Å². The molecule has 0 spiro atoms. The molecule has 2 aromatic heterocycles. The molecule has 0 saturated carbocycles. The molecule has 0 bridgehead atoms. The van der Waals surface area contributed by atoms with Crippen molar-refractivity contribution in [3.8, 4) is 11.5 Å². The van der Waals surface area contributed by atoms with Crippen molar-refractivity contribution in [3.05, 3.63) is 83.4 Å².